The van der Waals surface area contributed by atoms with Crippen LogP contribution in [0.3, 0.4) is 0 Å². The Morgan fingerprint density at radius 2 is 1.84 bits per heavy atom. The molecule has 2 aliphatic heterocycles. The predicted molar refractivity (Wildman–Crippen MR) is 119 cm³/mol. The van der Waals surface area contributed by atoms with Crippen molar-refractivity contribution in [3.8, 4) is 17.6 Å². The molecule has 1 amide bonds. The molecule has 7 nitrogen and oxygen atoms in total. The van der Waals surface area contributed by atoms with Gasteiger partial charge in [-0.05, 0) is 48.0 Å². The van der Waals surface area contributed by atoms with Crippen molar-refractivity contribution in [2.24, 2.45) is 0 Å². The van der Waals surface area contributed by atoms with E-state index in [9.17, 15) is 10.1 Å². The minimum Gasteiger partial charge on any atom is -0.489 e. The summed E-state index contributed by atoms with van der Waals surface area (Å²) >= 11 is 6.31. The molecule has 0 bridgehead atoms. The largest absolute Gasteiger partial charge is 0.489 e. The second-order valence-electron chi connectivity index (χ2n) is 7.15. The summed E-state index contributed by atoms with van der Waals surface area (Å²) in [6, 6.07) is 12.9. The lowest BCUT2D eigenvalue weighted by atomic mass is 10.1. The van der Waals surface area contributed by atoms with Crippen molar-refractivity contribution >= 4 is 35.0 Å². The normalized spacial score (nSPS) is 16.3. The molecule has 2 heterocycles. The van der Waals surface area contributed by atoms with Gasteiger partial charge in [-0.15, -0.1) is 0 Å². The second-order valence-corrected chi connectivity index (χ2v) is 7.56. The number of nitriles is 1. The van der Waals surface area contributed by atoms with Crippen LogP contribution in [0.5, 0.6) is 11.5 Å². The molecule has 0 aliphatic carbocycles. The number of anilines is 2. The quantitative estimate of drug-likeness (QED) is 0.575. The number of nitrogens with zero attached hydrogens (tertiary/aromatic N) is 2. The molecule has 0 unspecified atom stereocenters. The zero-order valence-corrected chi connectivity index (χ0v) is 17.7. The van der Waals surface area contributed by atoms with Gasteiger partial charge in [0.25, 0.3) is 5.91 Å². The number of amides is 1. The number of ether oxygens (including phenoxy) is 3. The molecule has 160 valence electrons. The SMILES string of the molecule is N#C/C(=C\c1cc(Cl)c2c(c1)OCCCO2)C(=O)Nc1ccc(N2CCOCC2)cc1. The van der Waals surface area contributed by atoms with Crippen LogP contribution in [0.1, 0.15) is 12.0 Å². The molecule has 0 radical (unpaired) electrons. The zero-order valence-electron chi connectivity index (χ0n) is 16.9. The number of carbonyl (C=O) groups is 1. The van der Waals surface area contributed by atoms with E-state index in [-0.39, 0.29) is 5.57 Å². The van der Waals surface area contributed by atoms with E-state index in [2.05, 4.69) is 10.2 Å². The highest BCUT2D eigenvalue weighted by Gasteiger charge is 2.17. The van der Waals surface area contributed by atoms with Gasteiger partial charge >= 0.3 is 0 Å². The fourth-order valence-corrected chi connectivity index (χ4v) is 3.70. The average molecular weight is 440 g/mol. The van der Waals surface area contributed by atoms with Crippen molar-refractivity contribution in [3.63, 3.8) is 0 Å². The molecule has 4 rings (SSSR count). The molecular weight excluding hydrogens is 418 g/mol. The van der Waals surface area contributed by atoms with Crippen molar-refractivity contribution in [3.05, 3.63) is 52.6 Å². The number of fused-ring (bicyclic) bond motifs is 1. The molecule has 0 saturated carbocycles. The molecule has 2 aliphatic rings. The smallest absolute Gasteiger partial charge is 0.266 e. The van der Waals surface area contributed by atoms with Gasteiger partial charge in [0.1, 0.15) is 11.6 Å². The van der Waals surface area contributed by atoms with Crippen LogP contribution in [0.15, 0.2) is 42.0 Å². The van der Waals surface area contributed by atoms with Crippen LogP contribution >= 0.6 is 11.6 Å². The van der Waals surface area contributed by atoms with Gasteiger partial charge in [-0.1, -0.05) is 11.6 Å². The summed E-state index contributed by atoms with van der Waals surface area (Å²) < 4.78 is 16.7. The van der Waals surface area contributed by atoms with E-state index >= 15 is 0 Å². The number of hydrogen-bond donors (Lipinski definition) is 1. The van der Waals surface area contributed by atoms with Gasteiger partial charge in [-0.3, -0.25) is 4.79 Å². The van der Waals surface area contributed by atoms with E-state index in [1.807, 2.05) is 30.3 Å². The Kier molecular flexibility index (Phi) is 6.60. The maximum atomic E-state index is 12.6. The zero-order chi connectivity index (χ0) is 21.6. The van der Waals surface area contributed by atoms with Crippen molar-refractivity contribution in [2.75, 3.05) is 49.7 Å². The molecule has 1 N–H and O–H groups in total. The summed E-state index contributed by atoms with van der Waals surface area (Å²) in [5, 5.41) is 12.7. The number of morpholine rings is 1. The lowest BCUT2D eigenvalue weighted by Gasteiger charge is -2.28. The highest BCUT2D eigenvalue weighted by molar-refractivity contribution is 6.32. The summed E-state index contributed by atoms with van der Waals surface area (Å²) in [4.78, 5) is 14.9. The van der Waals surface area contributed by atoms with Crippen LogP contribution in [-0.4, -0.2) is 45.4 Å². The second kappa shape index (κ2) is 9.73. The van der Waals surface area contributed by atoms with E-state index in [1.54, 1.807) is 12.1 Å². The highest BCUT2D eigenvalue weighted by Crippen LogP contribution is 2.38. The van der Waals surface area contributed by atoms with E-state index < -0.39 is 5.91 Å². The first-order valence-corrected chi connectivity index (χ1v) is 10.5. The number of rotatable bonds is 4. The summed E-state index contributed by atoms with van der Waals surface area (Å²) in [6.07, 6.45) is 2.24. The maximum absolute atomic E-state index is 12.6. The first-order chi connectivity index (χ1) is 15.1. The van der Waals surface area contributed by atoms with E-state index in [0.29, 0.717) is 54.2 Å². The lowest BCUT2D eigenvalue weighted by Crippen LogP contribution is -2.36. The van der Waals surface area contributed by atoms with Crippen LogP contribution in [0.25, 0.3) is 6.08 Å². The predicted octanol–water partition coefficient (Wildman–Crippen LogP) is 3.88. The van der Waals surface area contributed by atoms with Gasteiger partial charge in [0, 0.05) is 30.9 Å². The van der Waals surface area contributed by atoms with Gasteiger partial charge in [0.2, 0.25) is 0 Å². The first-order valence-electron chi connectivity index (χ1n) is 10.1. The summed E-state index contributed by atoms with van der Waals surface area (Å²) in [6.45, 7) is 4.13. The molecule has 8 heteroatoms. The Hall–Kier alpha value is -3.21. The number of nitrogens with one attached hydrogen (secondary N) is 1. The topological polar surface area (TPSA) is 83.8 Å². The number of carbonyl (C=O) groups excluding carboxylic acids is 1. The fourth-order valence-electron chi connectivity index (χ4n) is 3.42. The Morgan fingerprint density at radius 3 is 2.58 bits per heavy atom. The Morgan fingerprint density at radius 1 is 1.10 bits per heavy atom. The van der Waals surface area contributed by atoms with E-state index in [4.69, 9.17) is 25.8 Å². The Balaban J connectivity index is 1.48. The minimum absolute atomic E-state index is 0.0391. The third-order valence-electron chi connectivity index (χ3n) is 5.00. The van der Waals surface area contributed by atoms with Crippen LogP contribution in [-0.2, 0) is 9.53 Å². The molecule has 1 saturated heterocycles. The molecule has 1 fully saturated rings. The highest BCUT2D eigenvalue weighted by atomic mass is 35.5. The molecule has 31 heavy (non-hydrogen) atoms. The number of benzene rings is 2. The van der Waals surface area contributed by atoms with Gasteiger partial charge in [-0.25, -0.2) is 0 Å². The monoisotopic (exact) mass is 439 g/mol. The summed E-state index contributed by atoms with van der Waals surface area (Å²) in [5.41, 5.74) is 2.23. The standard InChI is InChI=1S/C23H22ClN3O4/c24-20-13-16(14-21-22(20)31-9-1-8-30-21)12-17(15-25)23(28)26-18-2-4-19(5-3-18)27-6-10-29-11-7-27/h2-5,12-14H,1,6-11H2,(H,26,28)/b17-12+. The average Bonchev–Trinajstić information content (AvgIpc) is 3.04. The van der Waals surface area contributed by atoms with Gasteiger partial charge in [0.15, 0.2) is 11.5 Å². The number of halogens is 1. The number of hydrogen-bond acceptors (Lipinski definition) is 6. The van der Waals surface area contributed by atoms with Crippen molar-refractivity contribution < 1.29 is 19.0 Å². The molecule has 2 aromatic carbocycles. The van der Waals surface area contributed by atoms with Crippen molar-refractivity contribution in [1.82, 2.24) is 0 Å². The van der Waals surface area contributed by atoms with Crippen molar-refractivity contribution in [1.29, 1.82) is 5.26 Å². The van der Waals surface area contributed by atoms with Gasteiger partial charge < -0.3 is 24.4 Å². The first kappa shape index (κ1) is 21.0. The summed E-state index contributed by atoms with van der Waals surface area (Å²) in [5.74, 6) is 0.497. The third-order valence-corrected chi connectivity index (χ3v) is 5.28. The Labute approximate surface area is 185 Å². The third kappa shape index (κ3) is 5.10. The van der Waals surface area contributed by atoms with Gasteiger partial charge in [-0.2, -0.15) is 5.26 Å². The van der Waals surface area contributed by atoms with Crippen LogP contribution in [0, 0.1) is 11.3 Å². The fraction of sp³-hybridized carbons (Fsp3) is 0.304. The molecular formula is C23H22ClN3O4. The van der Waals surface area contributed by atoms with Gasteiger partial charge in [0.05, 0.1) is 31.5 Å². The van der Waals surface area contributed by atoms with Crippen LogP contribution in [0.4, 0.5) is 11.4 Å². The van der Waals surface area contributed by atoms with E-state index in [0.717, 1.165) is 25.2 Å². The Bertz CT molecular complexity index is 1020. The van der Waals surface area contributed by atoms with Crippen molar-refractivity contribution in [2.45, 2.75) is 6.42 Å². The van der Waals surface area contributed by atoms with E-state index in [1.165, 1.54) is 6.08 Å². The summed E-state index contributed by atoms with van der Waals surface area (Å²) in [7, 11) is 0. The molecule has 0 atom stereocenters. The molecule has 2 aromatic rings. The maximum Gasteiger partial charge on any atom is 0.266 e. The van der Waals surface area contributed by atoms with Crippen LogP contribution in [0.2, 0.25) is 5.02 Å². The molecule has 0 spiro atoms. The minimum atomic E-state index is -0.496. The van der Waals surface area contributed by atoms with Crippen LogP contribution < -0.4 is 19.7 Å². The molecule has 0 aromatic heterocycles. The lowest BCUT2D eigenvalue weighted by molar-refractivity contribution is -0.112.